The summed E-state index contributed by atoms with van der Waals surface area (Å²) in [6.45, 7) is 1.17. The lowest BCUT2D eigenvalue weighted by molar-refractivity contribution is -0.576. The van der Waals surface area contributed by atoms with Crippen LogP contribution in [0.2, 0.25) is 0 Å². The lowest BCUT2D eigenvalue weighted by atomic mass is 10.5. The van der Waals surface area contributed by atoms with E-state index in [1.807, 2.05) is 0 Å². The van der Waals surface area contributed by atoms with Gasteiger partial charge in [-0.2, -0.15) is 0 Å². The lowest BCUT2D eigenvalue weighted by Crippen LogP contribution is -2.39. The molecule has 1 atom stereocenters. The van der Waals surface area contributed by atoms with Crippen LogP contribution in [0.4, 0.5) is 0 Å². The normalized spacial score (nSPS) is 27.8. The van der Waals surface area contributed by atoms with Gasteiger partial charge < -0.3 is 4.74 Å². The predicted octanol–water partition coefficient (Wildman–Crippen LogP) is -0.776. The van der Waals surface area contributed by atoms with Crippen LogP contribution in [-0.2, 0) is 4.74 Å². The van der Waals surface area contributed by atoms with E-state index in [4.69, 9.17) is 4.74 Å². The van der Waals surface area contributed by atoms with Gasteiger partial charge in [-0.25, -0.2) is 5.32 Å². The molecule has 0 amide bonds. The molecule has 0 N–H and O–H groups in total. The molecule has 0 aromatic heterocycles. The predicted molar refractivity (Wildman–Crippen MR) is 28.6 cm³/mol. The summed E-state index contributed by atoms with van der Waals surface area (Å²) in [6, 6.07) is 0. The van der Waals surface area contributed by atoms with Crippen molar-refractivity contribution in [2.24, 2.45) is 0 Å². The first-order chi connectivity index (χ1) is 4.30. The fourth-order valence-electron chi connectivity index (χ4n) is 0.635. The van der Waals surface area contributed by atoms with Gasteiger partial charge in [-0.3, -0.25) is 10.1 Å². The summed E-state index contributed by atoms with van der Waals surface area (Å²) < 4.78 is 4.75. The van der Waals surface area contributed by atoms with Crippen molar-refractivity contribution >= 4 is 0 Å². The molecular weight excluding hydrogens is 124 g/mol. The third-order valence-corrected chi connectivity index (χ3v) is 1.08. The van der Waals surface area contributed by atoms with Crippen LogP contribution in [0.3, 0.4) is 0 Å². The Bertz CT molecular complexity index is 110. The van der Waals surface area contributed by atoms with Crippen LogP contribution < -0.4 is 5.32 Å². The smallest absolute Gasteiger partial charge is 0.315 e. The van der Waals surface area contributed by atoms with E-state index in [0.29, 0.717) is 13.2 Å². The Hall–Kier alpha value is -0.680. The second-order valence-electron chi connectivity index (χ2n) is 1.74. The van der Waals surface area contributed by atoms with Crippen molar-refractivity contribution in [2.75, 3.05) is 19.7 Å². The SMILES string of the molecule is O=[N+]([O-])C1C[N]CCO1. The molecule has 9 heavy (non-hydrogen) atoms. The van der Waals surface area contributed by atoms with Crippen LogP contribution in [-0.4, -0.2) is 30.8 Å². The maximum absolute atomic E-state index is 9.97. The first-order valence-electron chi connectivity index (χ1n) is 2.69. The Labute approximate surface area is 52.1 Å². The van der Waals surface area contributed by atoms with Crippen molar-refractivity contribution in [1.29, 1.82) is 0 Å². The monoisotopic (exact) mass is 131 g/mol. The second-order valence-corrected chi connectivity index (χ2v) is 1.74. The third kappa shape index (κ3) is 1.62. The Morgan fingerprint density at radius 1 is 1.78 bits per heavy atom. The van der Waals surface area contributed by atoms with Crippen molar-refractivity contribution in [2.45, 2.75) is 6.23 Å². The zero-order chi connectivity index (χ0) is 6.69. The molecule has 1 unspecified atom stereocenters. The molecule has 0 aliphatic carbocycles. The topological polar surface area (TPSA) is 66.5 Å². The minimum atomic E-state index is -0.890. The Morgan fingerprint density at radius 3 is 2.89 bits per heavy atom. The van der Waals surface area contributed by atoms with Crippen LogP contribution in [0, 0.1) is 10.1 Å². The number of nitrogens with zero attached hydrogens (tertiary/aromatic N) is 2. The molecule has 51 valence electrons. The van der Waals surface area contributed by atoms with Crippen molar-refractivity contribution in [3.05, 3.63) is 10.1 Å². The van der Waals surface area contributed by atoms with Crippen LogP contribution in [0.25, 0.3) is 0 Å². The number of ether oxygens (including phenoxy) is 1. The Kier molecular flexibility index (Phi) is 1.96. The van der Waals surface area contributed by atoms with Gasteiger partial charge in [0.1, 0.15) is 6.54 Å². The van der Waals surface area contributed by atoms with E-state index in [1.165, 1.54) is 0 Å². The van der Waals surface area contributed by atoms with Gasteiger partial charge in [0.15, 0.2) is 0 Å². The van der Waals surface area contributed by atoms with Crippen LogP contribution >= 0.6 is 0 Å². The summed E-state index contributed by atoms with van der Waals surface area (Å²) in [4.78, 5) is 9.52. The molecule has 1 radical (unpaired) electrons. The molecule has 0 spiro atoms. The van der Waals surface area contributed by atoms with Crippen LogP contribution in [0.1, 0.15) is 0 Å². The zero-order valence-electron chi connectivity index (χ0n) is 4.82. The molecule has 0 aromatic rings. The number of nitro groups is 1. The van der Waals surface area contributed by atoms with E-state index >= 15 is 0 Å². The highest BCUT2D eigenvalue weighted by Gasteiger charge is 2.23. The average Bonchev–Trinajstić information content (AvgIpc) is 1.90. The number of rotatable bonds is 1. The summed E-state index contributed by atoms with van der Waals surface area (Å²) >= 11 is 0. The fourth-order valence-corrected chi connectivity index (χ4v) is 0.635. The van der Waals surface area contributed by atoms with Crippen LogP contribution in [0.15, 0.2) is 0 Å². The average molecular weight is 131 g/mol. The van der Waals surface area contributed by atoms with Crippen molar-refractivity contribution in [3.63, 3.8) is 0 Å². The van der Waals surface area contributed by atoms with Crippen molar-refractivity contribution in [3.8, 4) is 0 Å². The van der Waals surface area contributed by atoms with Gasteiger partial charge >= 0.3 is 6.23 Å². The molecule has 1 saturated heterocycles. The molecule has 1 fully saturated rings. The van der Waals surface area contributed by atoms with E-state index in [2.05, 4.69) is 5.32 Å². The molecule has 1 rings (SSSR count). The molecule has 0 bridgehead atoms. The summed E-state index contributed by atoms with van der Waals surface area (Å²) in [5.41, 5.74) is 0. The van der Waals surface area contributed by atoms with E-state index in [9.17, 15) is 10.1 Å². The van der Waals surface area contributed by atoms with E-state index in [0.717, 1.165) is 0 Å². The van der Waals surface area contributed by atoms with Gasteiger partial charge in [-0.15, -0.1) is 0 Å². The summed E-state index contributed by atoms with van der Waals surface area (Å²) in [7, 11) is 0. The molecule has 5 nitrogen and oxygen atoms in total. The van der Waals surface area contributed by atoms with Gasteiger partial charge in [-0.1, -0.05) is 0 Å². The Balaban J connectivity index is 2.31. The molecule has 1 aliphatic heterocycles. The quantitative estimate of drug-likeness (QED) is 0.346. The minimum Gasteiger partial charge on any atom is -0.315 e. The highest BCUT2D eigenvalue weighted by Crippen LogP contribution is 1.95. The summed E-state index contributed by atoms with van der Waals surface area (Å²) in [6.07, 6.45) is -0.890. The maximum Gasteiger partial charge on any atom is 0.329 e. The number of hydrogen-bond acceptors (Lipinski definition) is 3. The van der Waals surface area contributed by atoms with E-state index < -0.39 is 11.2 Å². The van der Waals surface area contributed by atoms with Gasteiger partial charge in [0.25, 0.3) is 0 Å². The van der Waals surface area contributed by atoms with Gasteiger partial charge in [0, 0.05) is 6.54 Å². The van der Waals surface area contributed by atoms with Crippen LogP contribution in [0.5, 0.6) is 0 Å². The standard InChI is InChI=1S/C4H7N2O3/c7-6(8)4-3-5-1-2-9-4/h4H,1-3H2. The largest absolute Gasteiger partial charge is 0.329 e. The van der Waals surface area contributed by atoms with E-state index in [1.54, 1.807) is 0 Å². The summed E-state index contributed by atoms with van der Waals surface area (Å²) in [5, 5.41) is 13.8. The first-order valence-corrected chi connectivity index (χ1v) is 2.69. The van der Waals surface area contributed by atoms with Gasteiger partial charge in [-0.05, 0) is 0 Å². The second kappa shape index (κ2) is 2.75. The van der Waals surface area contributed by atoms with E-state index in [-0.39, 0.29) is 6.54 Å². The molecular formula is C4H7N2O3. The third-order valence-electron chi connectivity index (χ3n) is 1.08. The first kappa shape index (κ1) is 6.44. The number of morpholine rings is 1. The highest BCUT2D eigenvalue weighted by atomic mass is 16.7. The van der Waals surface area contributed by atoms with Gasteiger partial charge in [0.2, 0.25) is 0 Å². The molecule has 1 heterocycles. The molecule has 0 aromatic carbocycles. The Morgan fingerprint density at radius 2 is 2.56 bits per heavy atom. The lowest BCUT2D eigenvalue weighted by Gasteiger charge is -2.14. The summed E-state index contributed by atoms with van der Waals surface area (Å²) in [5.74, 6) is 0. The van der Waals surface area contributed by atoms with Gasteiger partial charge in [0.05, 0.1) is 11.5 Å². The van der Waals surface area contributed by atoms with Crippen molar-refractivity contribution in [1.82, 2.24) is 5.32 Å². The zero-order valence-corrected chi connectivity index (χ0v) is 4.82. The maximum atomic E-state index is 9.97. The fraction of sp³-hybridized carbons (Fsp3) is 1.00. The molecule has 5 heteroatoms. The van der Waals surface area contributed by atoms with Crippen molar-refractivity contribution < 1.29 is 9.66 Å². The number of hydrogen-bond donors (Lipinski definition) is 0. The minimum absolute atomic E-state index is 0.201. The molecule has 1 aliphatic rings. The molecule has 0 saturated carbocycles. The highest BCUT2D eigenvalue weighted by molar-refractivity contribution is 4.55.